The van der Waals surface area contributed by atoms with Crippen molar-refractivity contribution in [1.29, 1.82) is 0 Å². The van der Waals surface area contributed by atoms with E-state index < -0.39 is 0 Å². The van der Waals surface area contributed by atoms with Crippen molar-refractivity contribution >= 4 is 11.6 Å². The van der Waals surface area contributed by atoms with Gasteiger partial charge in [0.1, 0.15) is 0 Å². The second-order valence-corrected chi connectivity index (χ2v) is 8.21. The van der Waals surface area contributed by atoms with Crippen LogP contribution in [0.5, 0.6) is 0 Å². The highest BCUT2D eigenvalue weighted by molar-refractivity contribution is 5.95. The lowest BCUT2D eigenvalue weighted by Crippen LogP contribution is -2.46. The molecular formula is C20H29N5O. The Balaban J connectivity index is 1.57. The molecule has 1 aliphatic heterocycles. The monoisotopic (exact) mass is 355 g/mol. The number of fused-ring (bicyclic) bond motifs is 1. The minimum absolute atomic E-state index is 0.0892. The number of amides is 1. The molecule has 1 saturated carbocycles. The molecule has 2 aromatic rings. The zero-order valence-corrected chi connectivity index (χ0v) is 16.1. The Hall–Kier alpha value is -1.95. The van der Waals surface area contributed by atoms with E-state index >= 15 is 0 Å². The molecule has 2 aromatic heterocycles. The van der Waals surface area contributed by atoms with Gasteiger partial charge < -0.3 is 4.90 Å². The molecule has 6 nitrogen and oxygen atoms in total. The first-order chi connectivity index (χ1) is 12.5. The summed E-state index contributed by atoms with van der Waals surface area (Å²) in [6.07, 6.45) is 7.22. The average Bonchev–Trinajstić information content (AvgIpc) is 3.34. The largest absolute Gasteiger partial charge is 0.337 e. The van der Waals surface area contributed by atoms with E-state index in [1.54, 1.807) is 16.9 Å². The van der Waals surface area contributed by atoms with E-state index in [0.29, 0.717) is 17.5 Å². The first-order valence-electron chi connectivity index (χ1n) is 9.87. The van der Waals surface area contributed by atoms with Crippen molar-refractivity contribution in [3.8, 4) is 0 Å². The normalized spacial score (nSPS) is 22.2. The zero-order valence-electron chi connectivity index (χ0n) is 16.1. The first-order valence-corrected chi connectivity index (χ1v) is 9.87. The van der Waals surface area contributed by atoms with Crippen molar-refractivity contribution in [2.24, 2.45) is 11.8 Å². The highest BCUT2D eigenvalue weighted by Gasteiger charge is 2.34. The number of aryl methyl sites for hydroxylation is 1. The zero-order chi connectivity index (χ0) is 18.3. The van der Waals surface area contributed by atoms with Crippen molar-refractivity contribution in [2.45, 2.75) is 46.1 Å². The summed E-state index contributed by atoms with van der Waals surface area (Å²) in [6, 6.07) is 2.29. The molecule has 1 amide bonds. The van der Waals surface area contributed by atoms with Gasteiger partial charge in [-0.1, -0.05) is 13.8 Å². The number of carbonyl (C=O) groups is 1. The lowest BCUT2D eigenvalue weighted by molar-refractivity contribution is 0.0702. The van der Waals surface area contributed by atoms with Crippen molar-refractivity contribution < 1.29 is 4.79 Å². The maximum absolute atomic E-state index is 13.3. The fourth-order valence-corrected chi connectivity index (χ4v) is 4.11. The van der Waals surface area contributed by atoms with Crippen LogP contribution in [0, 0.1) is 18.8 Å². The summed E-state index contributed by atoms with van der Waals surface area (Å²) in [5, 5.41) is 4.29. The topological polar surface area (TPSA) is 53.7 Å². The minimum atomic E-state index is 0.0892. The molecule has 2 fully saturated rings. The van der Waals surface area contributed by atoms with Crippen LogP contribution in [-0.4, -0.2) is 62.5 Å². The van der Waals surface area contributed by atoms with Gasteiger partial charge in [-0.3, -0.25) is 9.69 Å². The van der Waals surface area contributed by atoms with E-state index in [-0.39, 0.29) is 5.91 Å². The van der Waals surface area contributed by atoms with Gasteiger partial charge >= 0.3 is 0 Å². The third-order valence-electron chi connectivity index (χ3n) is 5.88. The van der Waals surface area contributed by atoms with Crippen LogP contribution >= 0.6 is 0 Å². The van der Waals surface area contributed by atoms with Gasteiger partial charge in [-0.2, -0.15) is 5.10 Å². The smallest absolute Gasteiger partial charge is 0.257 e. The SMILES string of the molecule is Cc1c(C(=O)N2CCCN(CC3CC3)C(C(C)C)C2)cnc2ccnn12. The molecule has 1 aliphatic carbocycles. The molecule has 1 unspecified atom stereocenters. The van der Waals surface area contributed by atoms with Crippen LogP contribution in [0.3, 0.4) is 0 Å². The molecule has 0 bridgehead atoms. The Bertz CT molecular complexity index is 795. The second kappa shape index (κ2) is 6.99. The van der Waals surface area contributed by atoms with Gasteiger partial charge in [0.25, 0.3) is 5.91 Å². The number of rotatable bonds is 4. The van der Waals surface area contributed by atoms with Crippen LogP contribution in [0.4, 0.5) is 0 Å². The maximum atomic E-state index is 13.3. The summed E-state index contributed by atoms with van der Waals surface area (Å²) in [4.78, 5) is 22.4. The van der Waals surface area contributed by atoms with Gasteiger partial charge in [0.05, 0.1) is 17.5 Å². The highest BCUT2D eigenvalue weighted by atomic mass is 16.2. The fourth-order valence-electron chi connectivity index (χ4n) is 4.11. The lowest BCUT2D eigenvalue weighted by atomic mass is 10.0. The van der Waals surface area contributed by atoms with E-state index in [2.05, 4.69) is 28.8 Å². The molecule has 1 atom stereocenters. The van der Waals surface area contributed by atoms with Crippen molar-refractivity contribution in [2.75, 3.05) is 26.2 Å². The molecule has 140 valence electrons. The van der Waals surface area contributed by atoms with Crippen molar-refractivity contribution in [1.82, 2.24) is 24.4 Å². The van der Waals surface area contributed by atoms with E-state index in [9.17, 15) is 4.79 Å². The lowest BCUT2D eigenvalue weighted by Gasteiger charge is -2.34. The molecule has 0 N–H and O–H groups in total. The molecule has 2 aliphatic rings. The Labute approximate surface area is 155 Å². The summed E-state index contributed by atoms with van der Waals surface area (Å²) >= 11 is 0. The fraction of sp³-hybridized carbons (Fsp3) is 0.650. The Morgan fingerprint density at radius 2 is 2.12 bits per heavy atom. The Morgan fingerprint density at radius 1 is 1.31 bits per heavy atom. The maximum Gasteiger partial charge on any atom is 0.257 e. The van der Waals surface area contributed by atoms with Gasteiger partial charge in [0.2, 0.25) is 0 Å². The Morgan fingerprint density at radius 3 is 2.85 bits per heavy atom. The van der Waals surface area contributed by atoms with Gasteiger partial charge in [-0.15, -0.1) is 0 Å². The molecule has 0 spiro atoms. The van der Waals surface area contributed by atoms with Crippen molar-refractivity contribution in [3.05, 3.63) is 29.7 Å². The molecule has 3 heterocycles. The van der Waals surface area contributed by atoms with E-state index in [1.807, 2.05) is 17.9 Å². The third-order valence-corrected chi connectivity index (χ3v) is 5.88. The molecule has 0 radical (unpaired) electrons. The molecule has 0 aromatic carbocycles. The van der Waals surface area contributed by atoms with Crippen LogP contribution in [0.1, 0.15) is 49.2 Å². The summed E-state index contributed by atoms with van der Waals surface area (Å²) in [5.41, 5.74) is 2.31. The summed E-state index contributed by atoms with van der Waals surface area (Å²) < 4.78 is 1.75. The predicted octanol–water partition coefficient (Wildman–Crippen LogP) is 2.62. The Kier molecular flexibility index (Phi) is 4.69. The molecular weight excluding hydrogens is 326 g/mol. The number of hydrogen-bond donors (Lipinski definition) is 0. The molecule has 4 rings (SSSR count). The number of aromatic nitrogens is 3. The van der Waals surface area contributed by atoms with Crippen LogP contribution in [0.2, 0.25) is 0 Å². The van der Waals surface area contributed by atoms with E-state index in [1.165, 1.54) is 19.4 Å². The van der Waals surface area contributed by atoms with Crippen LogP contribution in [0.15, 0.2) is 18.5 Å². The van der Waals surface area contributed by atoms with Crippen LogP contribution in [0.25, 0.3) is 5.65 Å². The molecule has 1 saturated heterocycles. The quantitative estimate of drug-likeness (QED) is 0.846. The van der Waals surface area contributed by atoms with Crippen LogP contribution < -0.4 is 0 Å². The molecule has 26 heavy (non-hydrogen) atoms. The van der Waals surface area contributed by atoms with Gasteiger partial charge in [0, 0.05) is 44.5 Å². The average molecular weight is 355 g/mol. The summed E-state index contributed by atoms with van der Waals surface area (Å²) in [7, 11) is 0. The van der Waals surface area contributed by atoms with E-state index in [4.69, 9.17) is 0 Å². The first kappa shape index (κ1) is 17.5. The standard InChI is InChI=1S/C20H29N5O/c1-14(2)18-13-24(10-4-9-23(18)12-16-5-6-16)20(26)17-11-21-19-7-8-22-25(19)15(17)3/h7-8,11,14,16,18H,4-6,9-10,12-13H2,1-3H3. The van der Waals surface area contributed by atoms with Gasteiger partial charge in [-0.05, 0) is 38.0 Å². The number of nitrogens with zero attached hydrogens (tertiary/aromatic N) is 5. The van der Waals surface area contributed by atoms with Gasteiger partial charge in [-0.25, -0.2) is 9.50 Å². The van der Waals surface area contributed by atoms with Crippen LogP contribution in [-0.2, 0) is 0 Å². The van der Waals surface area contributed by atoms with Crippen molar-refractivity contribution in [3.63, 3.8) is 0 Å². The predicted molar refractivity (Wildman–Crippen MR) is 101 cm³/mol. The third kappa shape index (κ3) is 3.34. The number of hydrogen-bond acceptors (Lipinski definition) is 4. The summed E-state index contributed by atoms with van der Waals surface area (Å²) in [6.45, 7) is 10.4. The molecule has 6 heteroatoms. The van der Waals surface area contributed by atoms with E-state index in [0.717, 1.165) is 43.3 Å². The van der Waals surface area contributed by atoms with Gasteiger partial charge in [0.15, 0.2) is 5.65 Å². The summed E-state index contributed by atoms with van der Waals surface area (Å²) in [5.74, 6) is 1.51. The highest BCUT2D eigenvalue weighted by Crippen LogP contribution is 2.32. The second-order valence-electron chi connectivity index (χ2n) is 8.21. The number of carbonyl (C=O) groups excluding carboxylic acids is 1. The minimum Gasteiger partial charge on any atom is -0.337 e.